The Balaban J connectivity index is 2.27. The normalized spacial score (nSPS) is 17.3. The van der Waals surface area contributed by atoms with E-state index in [0.29, 0.717) is 10.7 Å². The Hall–Kier alpha value is -1.27. The van der Waals surface area contributed by atoms with Gasteiger partial charge in [0.05, 0.1) is 11.9 Å². The number of rotatable bonds is 5. The van der Waals surface area contributed by atoms with Crippen molar-refractivity contribution in [1.29, 1.82) is 0 Å². The van der Waals surface area contributed by atoms with Gasteiger partial charge in [0.2, 0.25) is 15.9 Å². The minimum atomic E-state index is -3.62. The van der Waals surface area contributed by atoms with Gasteiger partial charge >= 0.3 is 0 Å². The molecular formula is C17H25ClN2O3S. The average molecular weight is 373 g/mol. The van der Waals surface area contributed by atoms with Gasteiger partial charge in [-0.3, -0.25) is 9.10 Å². The van der Waals surface area contributed by atoms with Crippen LogP contribution in [0.3, 0.4) is 0 Å². The number of hydrogen-bond acceptors (Lipinski definition) is 3. The number of hydrogen-bond donors (Lipinski definition) is 0. The van der Waals surface area contributed by atoms with Gasteiger partial charge in [-0.05, 0) is 38.0 Å². The van der Waals surface area contributed by atoms with Gasteiger partial charge in [0.1, 0.15) is 6.04 Å². The number of carbonyl (C=O) groups is 1. The zero-order chi connectivity index (χ0) is 17.9. The first-order valence-corrected chi connectivity index (χ1v) is 10.5. The van der Waals surface area contributed by atoms with Gasteiger partial charge in [0.25, 0.3) is 0 Å². The van der Waals surface area contributed by atoms with Crippen molar-refractivity contribution in [2.75, 3.05) is 17.6 Å². The van der Waals surface area contributed by atoms with Crippen molar-refractivity contribution >= 4 is 33.2 Å². The quantitative estimate of drug-likeness (QED) is 0.796. The zero-order valence-corrected chi connectivity index (χ0v) is 16.0. The van der Waals surface area contributed by atoms with Gasteiger partial charge < -0.3 is 4.90 Å². The molecule has 0 aliphatic heterocycles. The summed E-state index contributed by atoms with van der Waals surface area (Å²) < 4.78 is 25.8. The lowest BCUT2D eigenvalue weighted by molar-refractivity contribution is -0.133. The molecule has 0 radical (unpaired) electrons. The van der Waals surface area contributed by atoms with Crippen LogP contribution in [0.2, 0.25) is 5.02 Å². The number of amides is 1. The van der Waals surface area contributed by atoms with Crippen LogP contribution in [-0.2, 0) is 14.8 Å². The first-order chi connectivity index (χ1) is 11.2. The molecule has 1 aromatic carbocycles. The Bertz CT molecular complexity index is 687. The maximum absolute atomic E-state index is 12.9. The van der Waals surface area contributed by atoms with Gasteiger partial charge in [-0.2, -0.15) is 0 Å². The Labute approximate surface area is 149 Å². The van der Waals surface area contributed by atoms with Crippen LogP contribution in [0, 0.1) is 0 Å². The third-order valence-electron chi connectivity index (χ3n) is 4.60. The van der Waals surface area contributed by atoms with E-state index in [-0.39, 0.29) is 11.9 Å². The van der Waals surface area contributed by atoms with Gasteiger partial charge in [-0.25, -0.2) is 8.42 Å². The Morgan fingerprint density at radius 1 is 1.25 bits per heavy atom. The molecule has 1 aliphatic rings. The minimum Gasteiger partial charge on any atom is -0.341 e. The van der Waals surface area contributed by atoms with Crippen LogP contribution in [0.25, 0.3) is 0 Å². The molecule has 5 nitrogen and oxygen atoms in total. The molecule has 1 amide bonds. The third-order valence-corrected chi connectivity index (χ3v) is 6.08. The molecule has 0 spiro atoms. The van der Waals surface area contributed by atoms with E-state index in [2.05, 4.69) is 0 Å². The summed E-state index contributed by atoms with van der Waals surface area (Å²) >= 11 is 5.99. The van der Waals surface area contributed by atoms with E-state index < -0.39 is 16.1 Å². The number of anilines is 1. The lowest BCUT2D eigenvalue weighted by Gasteiger charge is -2.36. The van der Waals surface area contributed by atoms with Gasteiger partial charge in [0, 0.05) is 18.1 Å². The molecule has 1 aliphatic carbocycles. The molecule has 0 saturated heterocycles. The van der Waals surface area contributed by atoms with Crippen molar-refractivity contribution in [2.45, 2.75) is 51.1 Å². The van der Waals surface area contributed by atoms with E-state index in [0.717, 1.165) is 36.2 Å². The molecule has 1 fully saturated rings. The summed E-state index contributed by atoms with van der Waals surface area (Å²) in [5.41, 5.74) is 0.405. The Morgan fingerprint density at radius 3 is 2.42 bits per heavy atom. The van der Waals surface area contributed by atoms with Crippen LogP contribution in [0.5, 0.6) is 0 Å². The molecule has 7 heteroatoms. The summed E-state index contributed by atoms with van der Waals surface area (Å²) in [6.45, 7) is 1.63. The smallest absolute Gasteiger partial charge is 0.246 e. The molecule has 1 aromatic rings. The lowest BCUT2D eigenvalue weighted by Crippen LogP contribution is -2.51. The predicted octanol–water partition coefficient (Wildman–Crippen LogP) is 3.29. The fourth-order valence-electron chi connectivity index (χ4n) is 3.36. The fourth-order valence-corrected chi connectivity index (χ4v) is 4.70. The second kappa shape index (κ2) is 7.74. The van der Waals surface area contributed by atoms with Crippen LogP contribution in [0.15, 0.2) is 24.3 Å². The summed E-state index contributed by atoms with van der Waals surface area (Å²) in [4.78, 5) is 14.6. The molecular weight excluding hydrogens is 348 g/mol. The number of benzene rings is 1. The Kier molecular flexibility index (Phi) is 6.15. The first kappa shape index (κ1) is 19.1. The fraction of sp³-hybridized carbons (Fsp3) is 0.588. The summed E-state index contributed by atoms with van der Waals surface area (Å²) in [7, 11) is -1.84. The highest BCUT2D eigenvalue weighted by Crippen LogP contribution is 2.27. The SMILES string of the molecule is C[C@H](C(=O)N(C)C1CCCCC1)N(c1cccc(Cl)c1)S(C)(=O)=O. The molecule has 134 valence electrons. The molecule has 0 N–H and O–H groups in total. The molecule has 1 saturated carbocycles. The van der Waals surface area contributed by atoms with Crippen molar-refractivity contribution < 1.29 is 13.2 Å². The largest absolute Gasteiger partial charge is 0.341 e. The lowest BCUT2D eigenvalue weighted by atomic mass is 9.94. The highest BCUT2D eigenvalue weighted by atomic mass is 35.5. The van der Waals surface area contributed by atoms with Crippen LogP contribution in [-0.4, -0.2) is 44.6 Å². The number of nitrogens with zero attached hydrogens (tertiary/aromatic N) is 2. The first-order valence-electron chi connectivity index (χ1n) is 8.23. The highest BCUT2D eigenvalue weighted by molar-refractivity contribution is 7.92. The number of sulfonamides is 1. The predicted molar refractivity (Wildman–Crippen MR) is 97.9 cm³/mol. The van der Waals surface area contributed by atoms with Gasteiger partial charge in [0.15, 0.2) is 0 Å². The number of carbonyl (C=O) groups excluding carboxylic acids is 1. The average Bonchev–Trinajstić information content (AvgIpc) is 2.53. The van der Waals surface area contributed by atoms with Crippen LogP contribution >= 0.6 is 11.6 Å². The molecule has 1 atom stereocenters. The van der Waals surface area contributed by atoms with Crippen molar-refractivity contribution in [3.05, 3.63) is 29.3 Å². The van der Waals surface area contributed by atoms with Gasteiger partial charge in [-0.15, -0.1) is 0 Å². The van der Waals surface area contributed by atoms with Crippen molar-refractivity contribution in [3.63, 3.8) is 0 Å². The minimum absolute atomic E-state index is 0.188. The van der Waals surface area contributed by atoms with Crippen LogP contribution in [0.4, 0.5) is 5.69 Å². The van der Waals surface area contributed by atoms with E-state index in [9.17, 15) is 13.2 Å². The van der Waals surface area contributed by atoms with Crippen molar-refractivity contribution in [3.8, 4) is 0 Å². The summed E-state index contributed by atoms with van der Waals surface area (Å²) in [5.74, 6) is -0.188. The number of halogens is 1. The van der Waals surface area contributed by atoms with Crippen molar-refractivity contribution in [1.82, 2.24) is 4.90 Å². The molecule has 0 unspecified atom stereocenters. The second-order valence-corrected chi connectivity index (χ2v) is 8.75. The molecule has 0 bridgehead atoms. The van der Waals surface area contributed by atoms with E-state index >= 15 is 0 Å². The molecule has 24 heavy (non-hydrogen) atoms. The summed E-state index contributed by atoms with van der Waals surface area (Å²) in [6.07, 6.45) is 6.49. The summed E-state index contributed by atoms with van der Waals surface area (Å²) in [6, 6.07) is 5.94. The van der Waals surface area contributed by atoms with Crippen LogP contribution in [0.1, 0.15) is 39.0 Å². The third kappa shape index (κ3) is 4.42. The monoisotopic (exact) mass is 372 g/mol. The maximum atomic E-state index is 12.9. The van der Waals surface area contributed by atoms with E-state index in [1.54, 1.807) is 43.1 Å². The van der Waals surface area contributed by atoms with E-state index in [1.807, 2.05) is 0 Å². The van der Waals surface area contributed by atoms with E-state index in [4.69, 9.17) is 11.6 Å². The second-order valence-electron chi connectivity index (χ2n) is 6.46. The van der Waals surface area contributed by atoms with Crippen LogP contribution < -0.4 is 4.31 Å². The molecule has 0 heterocycles. The van der Waals surface area contributed by atoms with E-state index in [1.165, 1.54) is 6.42 Å². The van der Waals surface area contributed by atoms with Gasteiger partial charge in [-0.1, -0.05) is 36.9 Å². The standard InChI is InChI=1S/C17H25ClN2O3S/c1-13(17(21)19(2)15-9-5-4-6-10-15)20(24(3,22)23)16-11-7-8-14(18)12-16/h7-8,11-13,15H,4-6,9-10H2,1-3H3/t13-/m1/s1. The molecule has 2 rings (SSSR count). The molecule has 0 aromatic heterocycles. The summed E-state index contributed by atoms with van der Waals surface area (Å²) in [5, 5.41) is 0.432. The van der Waals surface area contributed by atoms with Crippen molar-refractivity contribution in [2.24, 2.45) is 0 Å². The highest BCUT2D eigenvalue weighted by Gasteiger charge is 2.33. The maximum Gasteiger partial charge on any atom is 0.246 e. The number of likely N-dealkylation sites (N-methyl/N-ethyl adjacent to an activating group) is 1. The topological polar surface area (TPSA) is 57.7 Å². The zero-order valence-electron chi connectivity index (χ0n) is 14.4. The Morgan fingerprint density at radius 2 is 1.88 bits per heavy atom.